The number of carbonyl (C=O) groups excluding carboxylic acids is 3. The molecule has 1 aromatic rings. The first-order valence-corrected chi connectivity index (χ1v) is 5.69. The van der Waals surface area contributed by atoms with Crippen molar-refractivity contribution >= 4 is 45.2 Å². The average Bonchev–Trinajstić information content (AvgIpc) is 2.46. The van der Waals surface area contributed by atoms with Crippen molar-refractivity contribution in [2.45, 2.75) is 18.5 Å². The smallest absolute Gasteiger partial charge is 0.430 e. The number of halogens is 10. The molecule has 0 atom stereocenters. The second-order valence-electron chi connectivity index (χ2n) is 3.58. The third kappa shape index (κ3) is 25.9. The second-order valence-corrected chi connectivity index (χ2v) is 3.58. The van der Waals surface area contributed by atoms with Crippen LogP contribution in [-0.2, 0) is 14.4 Å². The Bertz CT molecular complexity index is 555. The van der Waals surface area contributed by atoms with E-state index in [-0.39, 0.29) is 33.1 Å². The first-order valence-electron chi connectivity index (χ1n) is 5.69. The van der Waals surface area contributed by atoms with Crippen LogP contribution in [0.15, 0.2) is 24.3 Å². The maximum absolute atomic E-state index is 11.9. The Labute approximate surface area is 173 Å². The standard InChI is InChI=1S/C6H4F.3C2HF3O2.Pb/c7-6-4-2-1-3-5-6;3*3-2(4,5)1(6)7;/h1-2,4-5H;3*(H,6,7);/p-3. The van der Waals surface area contributed by atoms with Gasteiger partial charge in [-0.15, -0.1) is 0 Å². The molecule has 1 aromatic carbocycles. The Hall–Kier alpha value is -2.15. The Kier molecular flexibility index (Phi) is 17.5. The molecule has 6 nitrogen and oxygen atoms in total. The van der Waals surface area contributed by atoms with Crippen LogP contribution in [0.25, 0.3) is 0 Å². The summed E-state index contributed by atoms with van der Waals surface area (Å²) in [5.74, 6) is -9.25. The number of carboxylic acid groups (broad SMARTS) is 3. The second kappa shape index (κ2) is 14.8. The Morgan fingerprint density at radius 3 is 1.03 bits per heavy atom. The molecule has 0 saturated carbocycles. The molecule has 0 aliphatic rings. The molecule has 0 unspecified atom stereocenters. The van der Waals surface area contributed by atoms with Crippen molar-refractivity contribution in [3.05, 3.63) is 36.1 Å². The number of hydrogen-bond donors (Lipinski definition) is 0. The molecule has 0 fully saturated rings. The van der Waals surface area contributed by atoms with Crippen LogP contribution >= 0.6 is 0 Å². The van der Waals surface area contributed by atoms with Gasteiger partial charge < -0.3 is 29.7 Å². The fourth-order valence-corrected chi connectivity index (χ4v) is 0.371. The van der Waals surface area contributed by atoms with Gasteiger partial charge >= 0.3 is 18.5 Å². The van der Waals surface area contributed by atoms with Crippen molar-refractivity contribution in [2.75, 3.05) is 0 Å². The maximum Gasteiger partial charge on any atom is 0.430 e. The third-order valence-corrected chi connectivity index (χ3v) is 1.36. The molecule has 0 spiro atoms. The molecule has 29 heavy (non-hydrogen) atoms. The van der Waals surface area contributed by atoms with E-state index in [9.17, 15) is 43.9 Å². The molecule has 1 rings (SSSR count). The van der Waals surface area contributed by atoms with Crippen LogP contribution in [0.4, 0.5) is 43.9 Å². The van der Waals surface area contributed by atoms with Crippen LogP contribution in [0.2, 0.25) is 0 Å². The topological polar surface area (TPSA) is 120 Å². The number of aliphatic carboxylic acids is 3. The molecule has 5 radical (unpaired) electrons. The predicted molar refractivity (Wildman–Crippen MR) is 64.2 cm³/mol. The fourth-order valence-electron chi connectivity index (χ4n) is 0.371. The van der Waals surface area contributed by atoms with E-state index in [1.807, 2.05) is 0 Å². The number of benzene rings is 1. The largest absolute Gasteiger partial charge is 0.542 e. The molecule has 0 aromatic heterocycles. The van der Waals surface area contributed by atoms with Gasteiger partial charge in [0.1, 0.15) is 23.7 Å². The zero-order chi connectivity index (χ0) is 23.3. The van der Waals surface area contributed by atoms with Gasteiger partial charge in [0.2, 0.25) is 0 Å². The summed E-state index contributed by atoms with van der Waals surface area (Å²) in [6.07, 6.45) is -15.6. The fraction of sp³-hybridized carbons (Fsp3) is 0.250. The molecule has 0 aliphatic heterocycles. The van der Waals surface area contributed by atoms with Crippen molar-refractivity contribution in [3.63, 3.8) is 0 Å². The molecular formula is C12H4F10O6Pb-3. The molecule has 0 heterocycles. The normalized spacial score (nSPS) is 10.3. The van der Waals surface area contributed by atoms with Gasteiger partial charge in [0.25, 0.3) is 0 Å². The first-order chi connectivity index (χ1) is 12.2. The number of rotatable bonds is 0. The quantitative estimate of drug-likeness (QED) is 0.269. The van der Waals surface area contributed by atoms with Gasteiger partial charge in [-0.05, 0) is 18.2 Å². The van der Waals surface area contributed by atoms with Crippen molar-refractivity contribution in [1.82, 2.24) is 0 Å². The summed E-state index contributed by atoms with van der Waals surface area (Å²) in [6, 6.07) is 8.53. The van der Waals surface area contributed by atoms with Crippen molar-refractivity contribution in [2.24, 2.45) is 0 Å². The van der Waals surface area contributed by atoms with Crippen molar-refractivity contribution in [1.29, 1.82) is 0 Å². The van der Waals surface area contributed by atoms with Crippen LogP contribution < -0.4 is 15.3 Å². The van der Waals surface area contributed by atoms with E-state index in [1.165, 1.54) is 12.1 Å². The summed E-state index contributed by atoms with van der Waals surface area (Å²) >= 11 is 0. The van der Waals surface area contributed by atoms with Crippen molar-refractivity contribution < 1.29 is 73.6 Å². The van der Waals surface area contributed by atoms with Gasteiger partial charge in [0.05, 0.1) is 0 Å². The molecular weight excluding hydrogens is 637 g/mol. The van der Waals surface area contributed by atoms with Crippen LogP contribution in [0.3, 0.4) is 0 Å². The SMILES string of the molecule is Fc1c[c]ccc1.O=C([O-])C(F)(F)F.O=C([O-])C(F)(F)F.O=C([O-])C(F)(F)F.[Pb]. The first kappa shape index (κ1) is 34.4. The summed E-state index contributed by atoms with van der Waals surface area (Å²) in [7, 11) is 0. The van der Waals surface area contributed by atoms with Gasteiger partial charge in [-0.3, -0.25) is 0 Å². The summed E-state index contributed by atoms with van der Waals surface area (Å²) in [5.41, 5.74) is 0. The maximum atomic E-state index is 11.9. The van der Waals surface area contributed by atoms with Crippen LogP contribution in [0.5, 0.6) is 0 Å². The van der Waals surface area contributed by atoms with E-state index in [4.69, 9.17) is 29.7 Å². The number of carboxylic acids is 3. The van der Waals surface area contributed by atoms with Gasteiger partial charge in [-0.25, -0.2) is 4.39 Å². The van der Waals surface area contributed by atoms with Gasteiger partial charge in [-0.2, -0.15) is 39.5 Å². The van der Waals surface area contributed by atoms with E-state index in [0.717, 1.165) is 0 Å². The molecule has 0 aliphatic carbocycles. The molecule has 0 amide bonds. The number of alkyl halides is 9. The van der Waals surface area contributed by atoms with Crippen LogP contribution in [0.1, 0.15) is 0 Å². The minimum absolute atomic E-state index is 0. The van der Waals surface area contributed by atoms with Gasteiger partial charge in [0, 0.05) is 27.3 Å². The summed E-state index contributed by atoms with van der Waals surface area (Å²) < 4.78 is 107. The zero-order valence-corrected chi connectivity index (χ0v) is 16.9. The molecule has 0 N–H and O–H groups in total. The predicted octanol–water partition coefficient (Wildman–Crippen LogP) is -0.859. The average molecular weight is 641 g/mol. The van der Waals surface area contributed by atoms with E-state index in [0.29, 0.717) is 0 Å². The summed E-state index contributed by atoms with van der Waals surface area (Å²) in [4.78, 5) is 26.4. The number of carbonyl (C=O) groups is 3. The Balaban J connectivity index is -0.000000142. The van der Waals surface area contributed by atoms with E-state index < -0.39 is 36.4 Å². The Morgan fingerprint density at radius 1 is 0.724 bits per heavy atom. The minimum Gasteiger partial charge on any atom is -0.542 e. The number of hydrogen-bond acceptors (Lipinski definition) is 6. The monoisotopic (exact) mass is 642 g/mol. The zero-order valence-electron chi connectivity index (χ0n) is 13.0. The van der Waals surface area contributed by atoms with E-state index in [1.54, 1.807) is 12.1 Å². The van der Waals surface area contributed by atoms with Crippen LogP contribution in [0, 0.1) is 11.9 Å². The van der Waals surface area contributed by atoms with Crippen molar-refractivity contribution in [3.8, 4) is 0 Å². The third-order valence-electron chi connectivity index (χ3n) is 1.36. The minimum atomic E-state index is -5.19. The Morgan fingerprint density at radius 2 is 0.966 bits per heavy atom. The molecule has 17 heteroatoms. The summed E-state index contributed by atoms with van der Waals surface area (Å²) in [5, 5.41) is 26.4. The van der Waals surface area contributed by atoms with Gasteiger partial charge in [0.15, 0.2) is 0 Å². The summed E-state index contributed by atoms with van der Waals surface area (Å²) in [6.45, 7) is 0. The van der Waals surface area contributed by atoms with E-state index in [2.05, 4.69) is 6.07 Å². The van der Waals surface area contributed by atoms with Crippen LogP contribution in [-0.4, -0.2) is 63.7 Å². The molecule has 0 saturated heterocycles. The van der Waals surface area contributed by atoms with E-state index >= 15 is 0 Å². The molecule has 165 valence electrons. The van der Waals surface area contributed by atoms with Gasteiger partial charge in [-0.1, -0.05) is 12.1 Å². The molecule has 0 bridgehead atoms.